The fourth-order valence-electron chi connectivity index (χ4n) is 4.89. The molecule has 32 heavy (non-hydrogen) atoms. The number of nitrogens with two attached hydrogens (primary N) is 1. The molecule has 2 heterocycles. The van der Waals surface area contributed by atoms with Crippen molar-refractivity contribution < 1.29 is 22.8 Å². The molecule has 1 spiro atoms. The molecule has 0 radical (unpaired) electrons. The van der Waals surface area contributed by atoms with E-state index in [0.29, 0.717) is 44.6 Å². The highest BCUT2D eigenvalue weighted by molar-refractivity contribution is 5.80. The lowest BCUT2D eigenvalue weighted by Crippen LogP contribution is -2.49. The number of likely N-dealkylation sites (tertiary alicyclic amines) is 1. The molecule has 1 atom stereocenters. The summed E-state index contributed by atoms with van der Waals surface area (Å²) in [6.07, 6.45) is -3.10. The highest BCUT2D eigenvalue weighted by Gasteiger charge is 2.51. The Labute approximate surface area is 186 Å². The number of halogens is 3. The first-order valence-corrected chi connectivity index (χ1v) is 10.7. The fourth-order valence-corrected chi connectivity index (χ4v) is 4.89. The maximum atomic E-state index is 13.4. The molecule has 1 aromatic carbocycles. The lowest BCUT2D eigenvalue weighted by molar-refractivity contribution is -0.138. The van der Waals surface area contributed by atoms with Gasteiger partial charge < -0.3 is 15.5 Å². The Morgan fingerprint density at radius 1 is 1.22 bits per heavy atom. The molecular weight excluding hydrogens is 421 g/mol. The van der Waals surface area contributed by atoms with E-state index in [1.807, 2.05) is 20.8 Å². The number of alkyl halides is 3. The molecular formula is C23H29F3N4O2. The van der Waals surface area contributed by atoms with Crippen LogP contribution in [0.2, 0.25) is 0 Å². The van der Waals surface area contributed by atoms with Crippen LogP contribution in [0.1, 0.15) is 51.2 Å². The molecule has 2 saturated heterocycles. The number of hydrogen-bond acceptors (Lipinski definition) is 4. The second kappa shape index (κ2) is 8.30. The maximum Gasteiger partial charge on any atom is 0.417 e. The summed E-state index contributed by atoms with van der Waals surface area (Å²) < 4.78 is 40.2. The average Bonchev–Trinajstić information content (AvgIpc) is 3.05. The molecule has 0 aliphatic carbocycles. The molecule has 2 fully saturated rings. The SMILES string of the molecule is CC(C)(C)CC(=O)N1CCC2(CC1)CN(c1ccc(C#N)c(C(F)(F)F)c1)CC2C(N)=O. The van der Waals surface area contributed by atoms with Crippen molar-refractivity contribution in [3.63, 3.8) is 0 Å². The van der Waals surface area contributed by atoms with E-state index in [1.54, 1.807) is 15.9 Å². The van der Waals surface area contributed by atoms with Gasteiger partial charge in [0.1, 0.15) is 0 Å². The van der Waals surface area contributed by atoms with Crippen molar-refractivity contribution in [1.82, 2.24) is 4.90 Å². The predicted molar refractivity (Wildman–Crippen MR) is 113 cm³/mol. The summed E-state index contributed by atoms with van der Waals surface area (Å²) >= 11 is 0. The molecule has 2 N–H and O–H groups in total. The molecule has 2 aliphatic rings. The van der Waals surface area contributed by atoms with Gasteiger partial charge >= 0.3 is 6.18 Å². The standard InChI is InChI=1S/C23H29F3N4O2/c1-21(2,3)11-19(31)29-8-6-22(7-9-29)14-30(13-18(22)20(28)32)16-5-4-15(12-27)17(10-16)23(24,25)26/h4-5,10,18H,6-9,11,13-14H2,1-3H3,(H2,28,32). The lowest BCUT2D eigenvalue weighted by Gasteiger charge is -2.42. The number of hydrogen-bond donors (Lipinski definition) is 1. The minimum atomic E-state index is -4.65. The Morgan fingerprint density at radius 2 is 1.84 bits per heavy atom. The largest absolute Gasteiger partial charge is 0.417 e. The second-order valence-electron chi connectivity index (χ2n) is 10.2. The highest BCUT2D eigenvalue weighted by atomic mass is 19.4. The summed E-state index contributed by atoms with van der Waals surface area (Å²) in [6, 6.07) is 5.20. The molecule has 9 heteroatoms. The Hall–Kier alpha value is -2.76. The summed E-state index contributed by atoms with van der Waals surface area (Å²) in [5.41, 5.74) is 3.96. The van der Waals surface area contributed by atoms with E-state index in [1.165, 1.54) is 6.07 Å². The van der Waals surface area contributed by atoms with Crippen LogP contribution >= 0.6 is 0 Å². The maximum absolute atomic E-state index is 13.4. The number of primary amides is 1. The van der Waals surface area contributed by atoms with E-state index < -0.39 is 34.5 Å². The number of anilines is 1. The van der Waals surface area contributed by atoms with Crippen LogP contribution < -0.4 is 10.6 Å². The van der Waals surface area contributed by atoms with Crippen LogP contribution in [0.4, 0.5) is 18.9 Å². The van der Waals surface area contributed by atoms with Crippen LogP contribution in [0.3, 0.4) is 0 Å². The van der Waals surface area contributed by atoms with Gasteiger partial charge in [0, 0.05) is 43.7 Å². The Balaban J connectivity index is 1.82. The number of benzene rings is 1. The number of nitrogens with zero attached hydrogens (tertiary/aromatic N) is 3. The van der Waals surface area contributed by atoms with Crippen molar-refractivity contribution in [3.8, 4) is 6.07 Å². The third kappa shape index (κ3) is 4.84. The van der Waals surface area contributed by atoms with Crippen LogP contribution in [0.5, 0.6) is 0 Å². The van der Waals surface area contributed by atoms with Gasteiger partial charge in [0.25, 0.3) is 0 Å². The number of amides is 2. The number of piperidine rings is 1. The molecule has 174 valence electrons. The van der Waals surface area contributed by atoms with Crippen molar-refractivity contribution in [2.24, 2.45) is 22.5 Å². The number of nitriles is 1. The Kier molecular flexibility index (Phi) is 6.20. The Bertz CT molecular complexity index is 938. The van der Waals surface area contributed by atoms with Crippen LogP contribution in [0, 0.1) is 28.1 Å². The van der Waals surface area contributed by atoms with E-state index in [2.05, 4.69) is 0 Å². The van der Waals surface area contributed by atoms with Crippen LogP contribution in [-0.2, 0) is 15.8 Å². The monoisotopic (exact) mass is 450 g/mol. The van der Waals surface area contributed by atoms with E-state index in [-0.39, 0.29) is 17.9 Å². The van der Waals surface area contributed by atoms with E-state index >= 15 is 0 Å². The van der Waals surface area contributed by atoms with E-state index in [9.17, 15) is 22.8 Å². The first-order valence-electron chi connectivity index (χ1n) is 10.7. The van der Waals surface area contributed by atoms with Gasteiger partial charge in [-0.25, -0.2) is 0 Å². The average molecular weight is 451 g/mol. The third-order valence-electron chi connectivity index (χ3n) is 6.58. The van der Waals surface area contributed by atoms with Gasteiger partial charge in [0.05, 0.1) is 23.1 Å². The zero-order valence-corrected chi connectivity index (χ0v) is 18.6. The smallest absolute Gasteiger partial charge is 0.370 e. The molecule has 2 aliphatic heterocycles. The number of rotatable bonds is 3. The van der Waals surface area contributed by atoms with Gasteiger partial charge in [-0.15, -0.1) is 0 Å². The van der Waals surface area contributed by atoms with Crippen molar-refractivity contribution >= 4 is 17.5 Å². The van der Waals surface area contributed by atoms with Crippen molar-refractivity contribution in [2.45, 2.75) is 46.2 Å². The normalized spacial score (nSPS) is 21.0. The first kappa shape index (κ1) is 23.9. The van der Waals surface area contributed by atoms with Crippen molar-refractivity contribution in [1.29, 1.82) is 5.26 Å². The van der Waals surface area contributed by atoms with Gasteiger partial charge in [-0.2, -0.15) is 18.4 Å². The topological polar surface area (TPSA) is 90.4 Å². The van der Waals surface area contributed by atoms with Gasteiger partial charge in [0.15, 0.2) is 0 Å². The van der Waals surface area contributed by atoms with E-state index in [4.69, 9.17) is 11.0 Å². The lowest BCUT2D eigenvalue weighted by atomic mass is 9.70. The number of carbonyl (C=O) groups is 2. The minimum Gasteiger partial charge on any atom is -0.370 e. The van der Waals surface area contributed by atoms with Gasteiger partial charge in [0.2, 0.25) is 11.8 Å². The molecule has 0 saturated carbocycles. The molecule has 1 aromatic rings. The van der Waals surface area contributed by atoms with E-state index in [0.717, 1.165) is 12.1 Å². The Morgan fingerprint density at radius 3 is 2.34 bits per heavy atom. The molecule has 2 amide bonds. The zero-order valence-electron chi connectivity index (χ0n) is 18.6. The van der Waals surface area contributed by atoms with Gasteiger partial charge in [-0.3, -0.25) is 9.59 Å². The summed E-state index contributed by atoms with van der Waals surface area (Å²) in [4.78, 5) is 28.4. The quantitative estimate of drug-likeness (QED) is 0.763. The third-order valence-corrected chi connectivity index (χ3v) is 6.58. The van der Waals surface area contributed by atoms with Gasteiger partial charge in [-0.1, -0.05) is 20.8 Å². The molecule has 1 unspecified atom stereocenters. The first-order chi connectivity index (χ1) is 14.8. The molecule has 0 aromatic heterocycles. The van der Waals surface area contributed by atoms with Crippen LogP contribution in [0.25, 0.3) is 0 Å². The summed E-state index contributed by atoms with van der Waals surface area (Å²) in [5, 5.41) is 9.03. The highest BCUT2D eigenvalue weighted by Crippen LogP contribution is 2.47. The molecule has 0 bridgehead atoms. The van der Waals surface area contributed by atoms with Gasteiger partial charge in [-0.05, 0) is 36.5 Å². The molecule has 6 nitrogen and oxygen atoms in total. The van der Waals surface area contributed by atoms with Crippen LogP contribution in [-0.4, -0.2) is 42.9 Å². The van der Waals surface area contributed by atoms with Crippen LogP contribution in [0.15, 0.2) is 18.2 Å². The zero-order chi connectivity index (χ0) is 23.9. The summed E-state index contributed by atoms with van der Waals surface area (Å²) in [7, 11) is 0. The molecule has 3 rings (SSSR count). The van der Waals surface area contributed by atoms with Crippen molar-refractivity contribution in [2.75, 3.05) is 31.1 Å². The minimum absolute atomic E-state index is 0.0692. The van der Waals surface area contributed by atoms with Crippen molar-refractivity contribution in [3.05, 3.63) is 29.3 Å². The summed E-state index contributed by atoms with van der Waals surface area (Å²) in [5.74, 6) is -0.932. The second-order valence-corrected chi connectivity index (χ2v) is 10.2. The fraction of sp³-hybridized carbons (Fsp3) is 0.609. The summed E-state index contributed by atoms with van der Waals surface area (Å²) in [6.45, 7) is 7.59. The predicted octanol–water partition coefficient (Wildman–Crippen LogP) is 3.54. The number of carbonyl (C=O) groups excluding carboxylic acids is 2.